The van der Waals surface area contributed by atoms with Gasteiger partial charge in [-0.25, -0.2) is 9.84 Å². The summed E-state index contributed by atoms with van der Waals surface area (Å²) in [5.41, 5.74) is -3.48. The molecular formula is C106H23F6N7OS2. The van der Waals surface area contributed by atoms with Crippen LogP contribution >= 0.6 is 24.4 Å². The lowest BCUT2D eigenvalue weighted by Crippen LogP contribution is -2.55. The number of nitrogens with one attached hydrogen (secondary N) is 1. The van der Waals surface area contributed by atoms with Crippen LogP contribution in [0, 0.1) is 467 Å². The van der Waals surface area contributed by atoms with Crippen molar-refractivity contribution in [2.24, 2.45) is 4.99 Å². The summed E-state index contributed by atoms with van der Waals surface area (Å²) in [7, 11) is 0. The van der Waals surface area contributed by atoms with E-state index in [9.17, 15) is 31.4 Å². The van der Waals surface area contributed by atoms with Gasteiger partial charge in [0.25, 0.3) is 0 Å². The first-order valence-electron chi connectivity index (χ1n) is 32.4. The van der Waals surface area contributed by atoms with Crippen molar-refractivity contribution in [1.29, 1.82) is 10.5 Å². The van der Waals surface area contributed by atoms with Crippen LogP contribution in [0.3, 0.4) is 0 Å². The summed E-state index contributed by atoms with van der Waals surface area (Å²) in [5.74, 6) is 184. The van der Waals surface area contributed by atoms with E-state index in [4.69, 9.17) is 41.5 Å². The number of aliphatic hydroxyl groups excluding tert-OH is 1. The fraction of sp³-hybridized carbons (Fsp3) is 0.0755. The van der Waals surface area contributed by atoms with Crippen molar-refractivity contribution >= 4 is 63.2 Å². The first-order valence-corrected chi connectivity index (χ1v) is 33.2. The van der Waals surface area contributed by atoms with Crippen LogP contribution in [0.4, 0.5) is 49.1 Å². The van der Waals surface area contributed by atoms with Gasteiger partial charge in [-0.1, -0.05) is 24.1 Å². The van der Waals surface area contributed by atoms with E-state index in [0.29, 0.717) is 30.5 Å². The molecule has 0 radical (unpaired) electrons. The van der Waals surface area contributed by atoms with Crippen LogP contribution < -0.4 is 15.1 Å². The molecule has 8 nitrogen and oxygen atoms in total. The maximum Gasteiger partial charge on any atom is 0.417 e. The highest BCUT2D eigenvalue weighted by Gasteiger charge is 2.58. The van der Waals surface area contributed by atoms with Crippen LogP contribution in [0.1, 0.15) is 48.4 Å². The van der Waals surface area contributed by atoms with E-state index in [1.165, 1.54) is 23.1 Å². The van der Waals surface area contributed by atoms with Gasteiger partial charge in [0.1, 0.15) is 11.4 Å². The van der Waals surface area contributed by atoms with Gasteiger partial charge in [-0.15, -0.1) is 0 Å². The molecule has 0 unspecified atom stereocenters. The molecule has 16 heteroatoms. The van der Waals surface area contributed by atoms with Gasteiger partial charge in [0.2, 0.25) is 0 Å². The molecule has 1 spiro atoms. The predicted octanol–water partition coefficient (Wildman–Crippen LogP) is 8.62. The largest absolute Gasteiger partial charge is 0.417 e. The van der Waals surface area contributed by atoms with Crippen molar-refractivity contribution in [2.75, 3.05) is 15.1 Å². The fourth-order valence-corrected chi connectivity index (χ4v) is 8.31. The molecule has 0 aromatic heterocycles. The number of rotatable bonds is 4. The normalized spacial score (nSPS) is 8.70. The van der Waals surface area contributed by atoms with Crippen LogP contribution in [0.2, 0.25) is 0 Å². The molecule has 5 rings (SSSR count). The molecule has 2 aliphatic rings. The third kappa shape index (κ3) is 39.3. The number of amidine groups is 1. The number of benzene rings is 3. The van der Waals surface area contributed by atoms with Crippen molar-refractivity contribution in [3.8, 4) is 450 Å². The summed E-state index contributed by atoms with van der Waals surface area (Å²) in [6.45, 7) is 8.67. The number of halogens is 6. The van der Waals surface area contributed by atoms with Crippen LogP contribution in [0.25, 0.3) is 4.85 Å². The SMILES string of the molecule is CC#CC#CC#CC#CC#CC#CC#CC#CC#CC#CC#CC#CC#CC#CC#CC#CC#CC#CC#CC#CC#CC#CC#CC#CC#CC#CC#CC#CC#CC#CC#CC#CC#CC#CC#CC#CC#CC#N.[C-]#[N+]c1ccc(N2C(=S)N(c3ccc(CO)cc3)C3(CCC3)C2=NC(=S)Nc2ccc(C#N)c(C(F)(F)F)c2)cc1C(F)(F)F. The Morgan fingerprint density at radius 2 is 0.689 bits per heavy atom. The van der Waals surface area contributed by atoms with E-state index in [2.05, 4.69) is 453 Å². The second-order valence-electron chi connectivity index (χ2n) is 19.7. The van der Waals surface area contributed by atoms with Gasteiger partial charge >= 0.3 is 12.4 Å². The monoisotopic (exact) mass is 1590 g/mol. The molecule has 1 aliphatic heterocycles. The number of anilines is 3. The summed E-state index contributed by atoms with van der Waals surface area (Å²) in [4.78, 5) is 10.6. The minimum atomic E-state index is -4.86. The van der Waals surface area contributed by atoms with Crippen LogP contribution in [-0.4, -0.2) is 26.7 Å². The number of aliphatic imine (C=N–C) groups is 1. The highest BCUT2D eigenvalue weighted by atomic mass is 32.1. The summed E-state index contributed by atoms with van der Waals surface area (Å²) in [6, 6.07) is 15.9. The smallest absolute Gasteiger partial charge is 0.392 e. The molecule has 2 N–H and O–H groups in total. The first-order chi connectivity index (χ1) is 59.6. The molecule has 2 fully saturated rings. The molecule has 542 valence electrons. The van der Waals surface area contributed by atoms with Gasteiger partial charge in [-0.05, 0) is 146 Å². The first kappa shape index (κ1) is 93.0. The molecular weight excluding hydrogens is 1570 g/mol. The number of hydrogen-bond acceptors (Lipinski definition) is 5. The Labute approximate surface area is 715 Å². The molecule has 122 heavy (non-hydrogen) atoms. The molecule has 0 bridgehead atoms. The molecule has 1 aliphatic carbocycles. The number of nitrogens with zero attached hydrogens (tertiary/aromatic N) is 6. The highest BCUT2D eigenvalue weighted by Crippen LogP contribution is 2.50. The molecule has 0 atom stereocenters. The van der Waals surface area contributed by atoms with E-state index in [1.807, 2.05) is 0 Å². The number of thiocarbonyl (C=S) groups is 2. The fourth-order valence-electron chi connectivity index (χ4n) is 7.63. The van der Waals surface area contributed by atoms with Gasteiger partial charge in [0.15, 0.2) is 22.0 Å². The third-order valence-electron chi connectivity index (χ3n) is 12.2. The zero-order valence-electron chi connectivity index (χ0n) is 61.8. The Bertz CT molecular complexity index is 7800. The van der Waals surface area contributed by atoms with Gasteiger partial charge in [0.05, 0.1) is 35.9 Å². The summed E-state index contributed by atoms with van der Waals surface area (Å²) < 4.78 is 82.6. The second-order valence-corrected chi connectivity index (χ2v) is 20.4. The van der Waals surface area contributed by atoms with Gasteiger partial charge in [-0.3, -0.25) is 4.90 Å². The summed E-state index contributed by atoms with van der Waals surface area (Å²) in [6.07, 6.45) is -8.04. The molecule has 3 aromatic rings. The Morgan fingerprint density at radius 3 is 0.926 bits per heavy atom. The second kappa shape index (κ2) is 58.6. The zero-order chi connectivity index (χ0) is 87.8. The lowest BCUT2D eigenvalue weighted by atomic mass is 9.74. The van der Waals surface area contributed by atoms with Crippen LogP contribution in [0.15, 0.2) is 65.7 Å². The lowest BCUT2D eigenvalue weighted by Gasteiger charge is -2.44. The predicted molar refractivity (Wildman–Crippen MR) is 463 cm³/mol. The van der Waals surface area contributed by atoms with Crippen LogP contribution in [0.5, 0.6) is 0 Å². The van der Waals surface area contributed by atoms with E-state index >= 15 is 0 Å². The standard InChI is InChI=1S/C76H3N.C30H20F6N6OS2/c1-2-3-4-5-6-7-8-9-10-11-12-13-14-15-16-17-18-19-20-21-22-23-24-25-26-27-28-29-30-31-32-33-34-35-36-37-38-39-40-41-42-43-44-45-46-47-48-49-50-51-52-53-54-55-56-57-58-59-60-61-62-63-64-65-66-67-68-69-70-71-72-73-74-75-76-77;1-38-24-10-9-21(14-23(24)30(34,35)36)41-25(40-26(44)39-19-6-5-18(15-37)22(13-19)29(31,32)33)28(11-2-12-28)42(27(41)45)20-7-3-17(16-43)4-8-20/h1H3;3-10,13-14,43H,2,11-12,16H2,(H,39,44). The number of aliphatic hydroxyl groups is 1. The third-order valence-corrected chi connectivity index (χ3v) is 12.8. The summed E-state index contributed by atoms with van der Waals surface area (Å²) in [5, 5.41) is 29.2. The average molecular weight is 1590 g/mol. The average Bonchev–Trinajstić information content (AvgIpc) is 1.54. The van der Waals surface area contributed by atoms with Crippen molar-refractivity contribution < 1.29 is 31.4 Å². The zero-order valence-corrected chi connectivity index (χ0v) is 63.4. The molecule has 1 saturated carbocycles. The van der Waals surface area contributed by atoms with E-state index in [-0.39, 0.29) is 34.0 Å². The number of hydrogen-bond donors (Lipinski definition) is 2. The Morgan fingerprint density at radius 1 is 0.410 bits per heavy atom. The topological polar surface area (TPSA) is 103 Å². The van der Waals surface area contributed by atoms with Crippen molar-refractivity contribution in [1.82, 2.24) is 0 Å². The van der Waals surface area contributed by atoms with Crippen LogP contribution in [-0.2, 0) is 19.0 Å². The Hall–Kier alpha value is -21.4. The number of nitriles is 2. The van der Waals surface area contributed by atoms with E-state index < -0.39 is 40.3 Å². The summed E-state index contributed by atoms with van der Waals surface area (Å²) >= 11 is 11.3. The maximum atomic E-state index is 14.0. The maximum absolute atomic E-state index is 14.0. The molecule has 1 saturated heterocycles. The lowest BCUT2D eigenvalue weighted by molar-refractivity contribution is -0.138. The Kier molecular flexibility index (Phi) is 44.7. The van der Waals surface area contributed by atoms with Gasteiger partial charge in [0, 0.05) is 402 Å². The minimum Gasteiger partial charge on any atom is -0.392 e. The Balaban J connectivity index is 0.000000581. The van der Waals surface area contributed by atoms with Gasteiger partial charge in [-0.2, -0.15) is 36.9 Å². The molecule has 3 aromatic carbocycles. The van der Waals surface area contributed by atoms with Crippen molar-refractivity contribution in [3.05, 3.63) is 94.3 Å². The van der Waals surface area contributed by atoms with Crippen molar-refractivity contribution in [3.63, 3.8) is 0 Å². The van der Waals surface area contributed by atoms with E-state index in [1.54, 1.807) is 42.2 Å². The quantitative estimate of drug-likeness (QED) is 0.116. The highest BCUT2D eigenvalue weighted by molar-refractivity contribution is 7.81. The van der Waals surface area contributed by atoms with E-state index in [0.717, 1.165) is 24.3 Å². The van der Waals surface area contributed by atoms with Crippen molar-refractivity contribution in [2.45, 2.75) is 50.7 Å². The van der Waals surface area contributed by atoms with Gasteiger partial charge < -0.3 is 15.3 Å². The molecule has 1 heterocycles. The minimum absolute atomic E-state index is 0.0419. The number of alkyl halides is 6. The molecule has 0 amide bonds.